The van der Waals surface area contributed by atoms with E-state index in [4.69, 9.17) is 0 Å². The summed E-state index contributed by atoms with van der Waals surface area (Å²) in [6.45, 7) is 5.13. The Labute approximate surface area is 119 Å². The highest BCUT2D eigenvalue weighted by Gasteiger charge is 2.07. The molecule has 2 rings (SSSR count). The van der Waals surface area contributed by atoms with Crippen molar-refractivity contribution in [1.29, 1.82) is 0 Å². The first-order valence-electron chi connectivity index (χ1n) is 6.62. The summed E-state index contributed by atoms with van der Waals surface area (Å²) < 4.78 is 1.84. The number of hydrogen-bond acceptors (Lipinski definition) is 4. The molecule has 0 saturated carbocycles. The first-order chi connectivity index (χ1) is 9.11. The van der Waals surface area contributed by atoms with E-state index in [-0.39, 0.29) is 0 Å². The second-order valence-corrected chi connectivity index (χ2v) is 5.97. The van der Waals surface area contributed by atoms with Crippen molar-refractivity contribution in [2.45, 2.75) is 32.9 Å². The molecule has 19 heavy (non-hydrogen) atoms. The number of aromatic nitrogens is 3. The lowest BCUT2D eigenvalue weighted by Crippen LogP contribution is -2.26. The molecule has 0 amide bonds. The van der Waals surface area contributed by atoms with Crippen molar-refractivity contribution in [3.63, 3.8) is 0 Å². The van der Waals surface area contributed by atoms with Crippen LogP contribution >= 0.6 is 11.8 Å². The minimum atomic E-state index is 0.540. The van der Waals surface area contributed by atoms with Crippen molar-refractivity contribution in [3.05, 3.63) is 23.5 Å². The molecule has 104 valence electrons. The molecular formula is C14H22N4S. The van der Waals surface area contributed by atoms with Crippen LogP contribution in [0.1, 0.15) is 24.6 Å². The van der Waals surface area contributed by atoms with Crippen LogP contribution in [-0.4, -0.2) is 32.8 Å². The van der Waals surface area contributed by atoms with E-state index in [1.54, 1.807) is 0 Å². The van der Waals surface area contributed by atoms with Gasteiger partial charge in [0.15, 0.2) is 5.65 Å². The van der Waals surface area contributed by atoms with E-state index in [1.807, 2.05) is 36.6 Å². The molecule has 0 bridgehead atoms. The molecule has 5 heteroatoms. The third-order valence-corrected chi connectivity index (χ3v) is 3.97. The second kappa shape index (κ2) is 6.39. The number of fused-ring (bicyclic) bond motifs is 1. The predicted molar refractivity (Wildman–Crippen MR) is 82.5 cm³/mol. The summed E-state index contributed by atoms with van der Waals surface area (Å²) in [7, 11) is 1.94. The molecule has 0 aromatic carbocycles. The van der Waals surface area contributed by atoms with Crippen molar-refractivity contribution >= 4 is 22.8 Å². The standard InChI is InChI=1S/C14H22N4S/c1-10(5-6-19-4)15-8-12-7-13-11(2)17-18(3)14(13)16-9-12/h7,9-10,15H,5-6,8H2,1-4H3. The van der Waals surface area contributed by atoms with Gasteiger partial charge in [-0.15, -0.1) is 0 Å². The smallest absolute Gasteiger partial charge is 0.157 e. The number of nitrogens with zero attached hydrogens (tertiary/aromatic N) is 3. The van der Waals surface area contributed by atoms with Crippen LogP contribution < -0.4 is 5.32 Å². The van der Waals surface area contributed by atoms with Gasteiger partial charge in [0.25, 0.3) is 0 Å². The average molecular weight is 278 g/mol. The summed E-state index contributed by atoms with van der Waals surface area (Å²) in [5.74, 6) is 1.20. The van der Waals surface area contributed by atoms with Gasteiger partial charge >= 0.3 is 0 Å². The van der Waals surface area contributed by atoms with Gasteiger partial charge in [-0.05, 0) is 43.9 Å². The predicted octanol–water partition coefficient (Wildman–Crippen LogP) is 2.51. The van der Waals surface area contributed by atoms with E-state index in [1.165, 1.54) is 17.7 Å². The van der Waals surface area contributed by atoms with Crippen LogP contribution in [-0.2, 0) is 13.6 Å². The molecule has 2 aromatic heterocycles. The van der Waals surface area contributed by atoms with Crippen LogP contribution in [0.2, 0.25) is 0 Å². The molecule has 0 radical (unpaired) electrons. The number of rotatable bonds is 6. The van der Waals surface area contributed by atoms with Gasteiger partial charge in [0, 0.05) is 31.2 Å². The van der Waals surface area contributed by atoms with E-state index in [2.05, 4.69) is 34.6 Å². The summed E-state index contributed by atoms with van der Waals surface area (Å²) in [6, 6.07) is 2.73. The Morgan fingerprint density at radius 3 is 3.00 bits per heavy atom. The molecule has 1 N–H and O–H groups in total. The third kappa shape index (κ3) is 3.48. The Kier molecular flexibility index (Phi) is 4.82. The third-order valence-electron chi connectivity index (χ3n) is 3.33. The maximum atomic E-state index is 4.50. The maximum Gasteiger partial charge on any atom is 0.157 e. The van der Waals surface area contributed by atoms with Crippen molar-refractivity contribution < 1.29 is 0 Å². The van der Waals surface area contributed by atoms with Crippen LogP contribution in [0.5, 0.6) is 0 Å². The maximum absolute atomic E-state index is 4.50. The normalized spacial score (nSPS) is 13.1. The molecule has 0 aliphatic carbocycles. The van der Waals surface area contributed by atoms with Gasteiger partial charge < -0.3 is 5.32 Å². The Hall–Kier alpha value is -1.07. The van der Waals surface area contributed by atoms with E-state index < -0.39 is 0 Å². The number of nitrogens with one attached hydrogen (secondary N) is 1. The molecule has 4 nitrogen and oxygen atoms in total. The topological polar surface area (TPSA) is 42.7 Å². The molecule has 0 spiro atoms. The molecule has 2 aromatic rings. The zero-order chi connectivity index (χ0) is 13.8. The summed E-state index contributed by atoms with van der Waals surface area (Å²) in [5, 5.41) is 9.09. The Morgan fingerprint density at radius 2 is 2.26 bits per heavy atom. The highest BCUT2D eigenvalue weighted by Crippen LogP contribution is 2.16. The lowest BCUT2D eigenvalue weighted by Gasteiger charge is -2.12. The fourth-order valence-corrected chi connectivity index (χ4v) is 2.73. The molecule has 1 unspecified atom stereocenters. The van der Waals surface area contributed by atoms with E-state index in [0.717, 1.165) is 23.3 Å². The van der Waals surface area contributed by atoms with Gasteiger partial charge in [0.2, 0.25) is 0 Å². The number of hydrogen-bond donors (Lipinski definition) is 1. The number of thioether (sulfide) groups is 1. The number of pyridine rings is 1. The highest BCUT2D eigenvalue weighted by atomic mass is 32.2. The van der Waals surface area contributed by atoms with E-state index in [9.17, 15) is 0 Å². The highest BCUT2D eigenvalue weighted by molar-refractivity contribution is 7.98. The van der Waals surface area contributed by atoms with Gasteiger partial charge in [-0.3, -0.25) is 4.68 Å². The second-order valence-electron chi connectivity index (χ2n) is 4.99. The fourth-order valence-electron chi connectivity index (χ4n) is 2.14. The van der Waals surface area contributed by atoms with Gasteiger partial charge in [-0.2, -0.15) is 16.9 Å². The Balaban J connectivity index is 2.03. The monoisotopic (exact) mass is 278 g/mol. The van der Waals surface area contributed by atoms with Crippen molar-refractivity contribution in [2.75, 3.05) is 12.0 Å². The Morgan fingerprint density at radius 1 is 1.47 bits per heavy atom. The van der Waals surface area contributed by atoms with Crippen LogP contribution in [0.25, 0.3) is 11.0 Å². The van der Waals surface area contributed by atoms with Crippen LogP contribution in [0, 0.1) is 6.92 Å². The lowest BCUT2D eigenvalue weighted by atomic mass is 10.2. The zero-order valence-corrected chi connectivity index (χ0v) is 12.9. The van der Waals surface area contributed by atoms with Crippen LogP contribution in [0.3, 0.4) is 0 Å². The molecule has 0 aliphatic heterocycles. The van der Waals surface area contributed by atoms with Gasteiger partial charge in [0.05, 0.1) is 5.69 Å². The van der Waals surface area contributed by atoms with Crippen molar-refractivity contribution in [2.24, 2.45) is 7.05 Å². The summed E-state index contributed by atoms with van der Waals surface area (Å²) >= 11 is 1.89. The van der Waals surface area contributed by atoms with Gasteiger partial charge in [-0.25, -0.2) is 4.98 Å². The largest absolute Gasteiger partial charge is 0.310 e. The summed E-state index contributed by atoms with van der Waals surface area (Å²) in [4.78, 5) is 4.50. The molecule has 0 aliphatic rings. The SMILES string of the molecule is CSCCC(C)NCc1cnc2c(c1)c(C)nn2C. The van der Waals surface area contributed by atoms with Crippen LogP contribution in [0.4, 0.5) is 0 Å². The fraction of sp³-hybridized carbons (Fsp3) is 0.571. The van der Waals surface area contributed by atoms with Crippen molar-refractivity contribution in [3.8, 4) is 0 Å². The molecule has 1 atom stereocenters. The lowest BCUT2D eigenvalue weighted by molar-refractivity contribution is 0.537. The van der Waals surface area contributed by atoms with Crippen LogP contribution in [0.15, 0.2) is 12.3 Å². The van der Waals surface area contributed by atoms with Gasteiger partial charge in [0.1, 0.15) is 0 Å². The van der Waals surface area contributed by atoms with E-state index >= 15 is 0 Å². The van der Waals surface area contributed by atoms with Gasteiger partial charge in [-0.1, -0.05) is 0 Å². The first-order valence-corrected chi connectivity index (χ1v) is 8.01. The zero-order valence-electron chi connectivity index (χ0n) is 12.1. The molecule has 0 fully saturated rings. The Bertz CT molecular complexity index is 550. The average Bonchev–Trinajstić information content (AvgIpc) is 2.69. The minimum Gasteiger partial charge on any atom is -0.310 e. The summed E-state index contributed by atoms with van der Waals surface area (Å²) in [5.41, 5.74) is 3.22. The molecular weight excluding hydrogens is 256 g/mol. The van der Waals surface area contributed by atoms with E-state index in [0.29, 0.717) is 6.04 Å². The first kappa shape index (κ1) is 14.3. The summed E-state index contributed by atoms with van der Waals surface area (Å²) in [6.07, 6.45) is 5.29. The number of aryl methyl sites for hydroxylation is 2. The quantitative estimate of drug-likeness (QED) is 0.881. The van der Waals surface area contributed by atoms with Crippen molar-refractivity contribution in [1.82, 2.24) is 20.1 Å². The molecule has 0 saturated heterocycles. The minimum absolute atomic E-state index is 0.540. The molecule has 2 heterocycles.